The highest BCUT2D eigenvalue weighted by atomic mass is 19.1. The number of ether oxygens (including phenoxy) is 2. The Labute approximate surface area is 165 Å². The molecule has 3 nitrogen and oxygen atoms in total. The number of fused-ring (bicyclic) bond motifs is 1. The smallest absolute Gasteiger partial charge is 0.165 e. The number of anilines is 1. The Kier molecular flexibility index (Phi) is 5.05. The standard InChI is InChI=1S/C24H24FNO2/c1-27-15-17-7-9-19(10-8-17)24(20-11-12-23(28-2)21(25)13-20)14-18-5-3-4-6-22(18)26-16-24/h3-13,26H,14-16H2,1-2H3. The van der Waals surface area contributed by atoms with E-state index in [1.807, 2.05) is 18.2 Å². The van der Waals surface area contributed by atoms with E-state index in [1.165, 1.54) is 12.7 Å². The number of rotatable bonds is 5. The number of nitrogens with one attached hydrogen (secondary N) is 1. The molecule has 0 bridgehead atoms. The summed E-state index contributed by atoms with van der Waals surface area (Å²) < 4.78 is 24.9. The van der Waals surface area contributed by atoms with Crippen molar-refractivity contribution >= 4 is 5.69 Å². The quantitative estimate of drug-likeness (QED) is 0.683. The average molecular weight is 377 g/mol. The predicted molar refractivity (Wildman–Crippen MR) is 110 cm³/mol. The van der Waals surface area contributed by atoms with Crippen LogP contribution in [0.25, 0.3) is 0 Å². The fourth-order valence-corrected chi connectivity index (χ4v) is 4.11. The third-order valence-corrected chi connectivity index (χ3v) is 5.61. The van der Waals surface area contributed by atoms with Crippen molar-refractivity contribution in [1.82, 2.24) is 0 Å². The maximum atomic E-state index is 14.6. The van der Waals surface area contributed by atoms with Gasteiger partial charge in [0.1, 0.15) is 0 Å². The van der Waals surface area contributed by atoms with Crippen LogP contribution in [-0.4, -0.2) is 20.8 Å². The van der Waals surface area contributed by atoms with E-state index >= 15 is 0 Å². The van der Waals surface area contributed by atoms with E-state index in [-0.39, 0.29) is 17.0 Å². The van der Waals surface area contributed by atoms with Crippen LogP contribution in [0.1, 0.15) is 22.3 Å². The predicted octanol–water partition coefficient (Wildman–Crippen LogP) is 4.94. The molecule has 144 valence electrons. The molecule has 1 aliphatic heterocycles. The second-order valence-corrected chi connectivity index (χ2v) is 7.25. The Bertz CT molecular complexity index is 971. The van der Waals surface area contributed by atoms with Crippen LogP contribution in [0.15, 0.2) is 66.7 Å². The molecule has 3 aromatic carbocycles. The van der Waals surface area contributed by atoms with Gasteiger partial charge >= 0.3 is 0 Å². The average Bonchev–Trinajstić information content (AvgIpc) is 2.74. The van der Waals surface area contributed by atoms with Gasteiger partial charge < -0.3 is 14.8 Å². The van der Waals surface area contributed by atoms with Crippen LogP contribution >= 0.6 is 0 Å². The van der Waals surface area contributed by atoms with E-state index in [9.17, 15) is 4.39 Å². The monoisotopic (exact) mass is 377 g/mol. The Balaban J connectivity index is 1.83. The second-order valence-electron chi connectivity index (χ2n) is 7.25. The SMILES string of the molecule is COCc1ccc(C2(c3ccc(OC)c(F)c3)CNc3ccccc3C2)cc1. The Morgan fingerprint density at radius 1 is 0.964 bits per heavy atom. The first-order chi connectivity index (χ1) is 13.7. The molecule has 0 fully saturated rings. The number of hydrogen-bond donors (Lipinski definition) is 1. The largest absolute Gasteiger partial charge is 0.494 e. The first-order valence-corrected chi connectivity index (χ1v) is 9.40. The van der Waals surface area contributed by atoms with Crippen molar-refractivity contribution < 1.29 is 13.9 Å². The summed E-state index contributed by atoms with van der Waals surface area (Å²) in [6.07, 6.45) is 0.797. The summed E-state index contributed by atoms with van der Waals surface area (Å²) in [5, 5.41) is 3.56. The van der Waals surface area contributed by atoms with E-state index in [0.29, 0.717) is 13.2 Å². The molecule has 0 aliphatic carbocycles. The summed E-state index contributed by atoms with van der Waals surface area (Å²) in [7, 11) is 3.18. The zero-order valence-corrected chi connectivity index (χ0v) is 16.2. The van der Waals surface area contributed by atoms with E-state index in [0.717, 1.165) is 28.8 Å². The first kappa shape index (κ1) is 18.5. The van der Waals surface area contributed by atoms with Gasteiger partial charge in [-0.15, -0.1) is 0 Å². The van der Waals surface area contributed by atoms with Crippen LogP contribution < -0.4 is 10.1 Å². The zero-order valence-electron chi connectivity index (χ0n) is 16.2. The fraction of sp³-hybridized carbons (Fsp3) is 0.250. The summed E-state index contributed by atoms with van der Waals surface area (Å²) in [6, 6.07) is 22.0. The molecule has 1 heterocycles. The lowest BCUT2D eigenvalue weighted by Crippen LogP contribution is -2.41. The van der Waals surface area contributed by atoms with E-state index in [4.69, 9.17) is 9.47 Å². The third kappa shape index (κ3) is 3.25. The minimum atomic E-state index is -0.368. The summed E-state index contributed by atoms with van der Waals surface area (Å²) in [5.41, 5.74) is 5.21. The summed E-state index contributed by atoms with van der Waals surface area (Å²) in [4.78, 5) is 0. The molecule has 1 N–H and O–H groups in total. The lowest BCUT2D eigenvalue weighted by molar-refractivity contribution is 0.185. The highest BCUT2D eigenvalue weighted by molar-refractivity contribution is 5.59. The molecular weight excluding hydrogens is 353 g/mol. The van der Waals surface area contributed by atoms with Gasteiger partial charge in [-0.2, -0.15) is 0 Å². The zero-order chi connectivity index (χ0) is 19.6. The lowest BCUT2D eigenvalue weighted by Gasteiger charge is -2.40. The lowest BCUT2D eigenvalue weighted by atomic mass is 9.68. The highest BCUT2D eigenvalue weighted by Crippen LogP contribution is 2.42. The van der Waals surface area contributed by atoms with E-state index in [1.54, 1.807) is 19.2 Å². The number of hydrogen-bond acceptors (Lipinski definition) is 3. The molecule has 4 heteroatoms. The molecule has 28 heavy (non-hydrogen) atoms. The van der Waals surface area contributed by atoms with Crippen molar-refractivity contribution in [1.29, 1.82) is 0 Å². The maximum absolute atomic E-state index is 14.6. The normalized spacial score (nSPS) is 18.2. The number of benzene rings is 3. The van der Waals surface area contributed by atoms with Gasteiger partial charge in [0.05, 0.1) is 13.7 Å². The van der Waals surface area contributed by atoms with Crippen molar-refractivity contribution in [2.45, 2.75) is 18.4 Å². The summed E-state index contributed by atoms with van der Waals surface area (Å²) in [5.74, 6) is -0.0762. The molecule has 3 aromatic rings. The molecule has 0 radical (unpaired) electrons. The first-order valence-electron chi connectivity index (χ1n) is 9.40. The van der Waals surface area contributed by atoms with Crippen molar-refractivity contribution in [2.24, 2.45) is 0 Å². The molecule has 0 saturated carbocycles. The molecule has 4 rings (SSSR count). The van der Waals surface area contributed by atoms with Gasteiger partial charge in [0.2, 0.25) is 0 Å². The van der Waals surface area contributed by atoms with Crippen molar-refractivity contribution in [2.75, 3.05) is 26.1 Å². The highest BCUT2D eigenvalue weighted by Gasteiger charge is 2.38. The van der Waals surface area contributed by atoms with Gasteiger partial charge in [-0.1, -0.05) is 48.5 Å². The van der Waals surface area contributed by atoms with Crippen LogP contribution in [0.4, 0.5) is 10.1 Å². The molecule has 0 amide bonds. The van der Waals surface area contributed by atoms with Crippen LogP contribution in [0.2, 0.25) is 0 Å². The van der Waals surface area contributed by atoms with E-state index < -0.39 is 0 Å². The summed E-state index contributed by atoms with van der Waals surface area (Å²) in [6.45, 7) is 1.27. The minimum absolute atomic E-state index is 0.263. The molecule has 1 aliphatic rings. The number of para-hydroxylation sites is 1. The van der Waals surface area contributed by atoms with Crippen LogP contribution in [-0.2, 0) is 23.2 Å². The maximum Gasteiger partial charge on any atom is 0.165 e. The van der Waals surface area contributed by atoms with E-state index in [2.05, 4.69) is 41.7 Å². The Morgan fingerprint density at radius 2 is 1.71 bits per heavy atom. The molecule has 0 aromatic heterocycles. The van der Waals surface area contributed by atoms with Crippen molar-refractivity contribution in [3.05, 3.63) is 94.8 Å². The topological polar surface area (TPSA) is 30.5 Å². The Morgan fingerprint density at radius 3 is 2.43 bits per heavy atom. The van der Waals surface area contributed by atoms with Gasteiger partial charge in [0.25, 0.3) is 0 Å². The van der Waals surface area contributed by atoms with Gasteiger partial charge in [0, 0.05) is 24.8 Å². The molecule has 0 saturated heterocycles. The van der Waals surface area contributed by atoms with Crippen LogP contribution in [0, 0.1) is 5.82 Å². The van der Waals surface area contributed by atoms with Gasteiger partial charge in [0.15, 0.2) is 11.6 Å². The van der Waals surface area contributed by atoms with Crippen LogP contribution in [0.5, 0.6) is 5.75 Å². The van der Waals surface area contributed by atoms with Gasteiger partial charge in [-0.3, -0.25) is 0 Å². The number of methoxy groups -OCH3 is 2. The van der Waals surface area contributed by atoms with Crippen molar-refractivity contribution in [3.8, 4) is 5.75 Å². The van der Waals surface area contributed by atoms with Crippen LogP contribution in [0.3, 0.4) is 0 Å². The molecule has 1 atom stereocenters. The third-order valence-electron chi connectivity index (χ3n) is 5.61. The van der Waals surface area contributed by atoms with Crippen molar-refractivity contribution in [3.63, 3.8) is 0 Å². The number of halogens is 1. The molecule has 1 unspecified atom stereocenters. The summed E-state index contributed by atoms with van der Waals surface area (Å²) >= 11 is 0. The molecule has 0 spiro atoms. The Hall–Kier alpha value is -2.85. The molecular formula is C24H24FNO2. The fourth-order valence-electron chi connectivity index (χ4n) is 4.11. The van der Waals surface area contributed by atoms with Gasteiger partial charge in [-0.05, 0) is 46.9 Å². The minimum Gasteiger partial charge on any atom is -0.494 e. The van der Waals surface area contributed by atoms with Gasteiger partial charge in [-0.25, -0.2) is 4.39 Å². The second kappa shape index (κ2) is 7.64.